The number of carbonyl (C=O) groups excluding carboxylic acids is 2. The maximum absolute atomic E-state index is 12.6. The molecule has 0 heterocycles. The highest BCUT2D eigenvalue weighted by Crippen LogP contribution is 2.33. The minimum Gasteiger partial charge on any atom is -0.298 e. The van der Waals surface area contributed by atoms with Crippen molar-refractivity contribution in [3.8, 4) is 0 Å². The number of alkyl halides is 4. The van der Waals surface area contributed by atoms with Crippen LogP contribution in [0.3, 0.4) is 0 Å². The minimum atomic E-state index is -4.61. The molecule has 0 aliphatic carbocycles. The SMILES string of the molecule is O=Cc1cc(C(=O)CBr)c(I)cc1C(F)(F)F. The van der Waals surface area contributed by atoms with E-state index in [9.17, 15) is 22.8 Å². The Bertz CT molecular complexity index is 471. The van der Waals surface area contributed by atoms with Crippen LogP contribution < -0.4 is 0 Å². The van der Waals surface area contributed by atoms with Crippen molar-refractivity contribution in [2.45, 2.75) is 6.18 Å². The zero-order valence-electron chi connectivity index (χ0n) is 8.15. The molecule has 92 valence electrons. The van der Waals surface area contributed by atoms with Gasteiger partial charge < -0.3 is 0 Å². The van der Waals surface area contributed by atoms with Crippen molar-refractivity contribution in [1.29, 1.82) is 0 Å². The average molecular weight is 421 g/mol. The third-order valence-electron chi connectivity index (χ3n) is 1.99. The van der Waals surface area contributed by atoms with Crippen molar-refractivity contribution in [3.63, 3.8) is 0 Å². The Morgan fingerprint density at radius 1 is 1.41 bits per heavy atom. The van der Waals surface area contributed by atoms with Gasteiger partial charge in [-0.15, -0.1) is 0 Å². The summed E-state index contributed by atoms with van der Waals surface area (Å²) in [7, 11) is 0. The lowest BCUT2D eigenvalue weighted by Gasteiger charge is -2.12. The molecular weight excluding hydrogens is 416 g/mol. The van der Waals surface area contributed by atoms with Crippen LogP contribution in [0.1, 0.15) is 26.3 Å². The summed E-state index contributed by atoms with van der Waals surface area (Å²) in [6.45, 7) is 0. The van der Waals surface area contributed by atoms with Crippen LogP contribution in [0.5, 0.6) is 0 Å². The molecule has 0 aliphatic rings. The summed E-state index contributed by atoms with van der Waals surface area (Å²) in [5, 5.41) is -0.00728. The van der Waals surface area contributed by atoms with E-state index in [0.717, 1.165) is 12.1 Å². The molecule has 17 heavy (non-hydrogen) atoms. The van der Waals surface area contributed by atoms with E-state index < -0.39 is 17.3 Å². The molecule has 0 amide bonds. The van der Waals surface area contributed by atoms with E-state index >= 15 is 0 Å². The maximum atomic E-state index is 12.6. The number of aldehydes is 1. The van der Waals surface area contributed by atoms with Crippen LogP contribution in [0.25, 0.3) is 0 Å². The first-order valence-electron chi connectivity index (χ1n) is 4.26. The normalized spacial score (nSPS) is 11.4. The molecule has 1 rings (SSSR count). The Balaban J connectivity index is 3.45. The van der Waals surface area contributed by atoms with Gasteiger partial charge in [-0.1, -0.05) is 15.9 Å². The predicted octanol–water partition coefficient (Wildman–Crippen LogP) is 3.70. The molecule has 0 radical (unpaired) electrons. The van der Waals surface area contributed by atoms with Crippen molar-refractivity contribution in [3.05, 3.63) is 32.4 Å². The number of halogens is 5. The predicted molar refractivity (Wildman–Crippen MR) is 67.7 cm³/mol. The van der Waals surface area contributed by atoms with Crippen LogP contribution in [0.15, 0.2) is 12.1 Å². The van der Waals surface area contributed by atoms with Crippen molar-refractivity contribution >= 4 is 50.6 Å². The first-order valence-corrected chi connectivity index (χ1v) is 6.46. The average Bonchev–Trinajstić information content (AvgIpc) is 2.26. The molecule has 0 unspecified atom stereocenters. The Morgan fingerprint density at radius 2 is 2.00 bits per heavy atom. The van der Waals surface area contributed by atoms with Crippen molar-refractivity contribution in [2.24, 2.45) is 0 Å². The molecule has 1 aromatic rings. The number of Topliss-reactive ketones (excluding diaryl/α,β-unsaturated/α-hetero) is 1. The van der Waals surface area contributed by atoms with Crippen LogP contribution in [0, 0.1) is 3.57 Å². The van der Waals surface area contributed by atoms with Crippen molar-refractivity contribution < 1.29 is 22.8 Å². The van der Waals surface area contributed by atoms with Crippen molar-refractivity contribution in [1.82, 2.24) is 0 Å². The number of benzene rings is 1. The summed E-state index contributed by atoms with van der Waals surface area (Å²) in [6, 6.07) is 1.78. The van der Waals surface area contributed by atoms with E-state index in [1.165, 1.54) is 0 Å². The largest absolute Gasteiger partial charge is 0.417 e. The van der Waals surface area contributed by atoms with Gasteiger partial charge in [-0.05, 0) is 34.7 Å². The number of rotatable bonds is 3. The van der Waals surface area contributed by atoms with Crippen LogP contribution in [-0.4, -0.2) is 17.4 Å². The van der Waals surface area contributed by atoms with E-state index in [4.69, 9.17) is 0 Å². The second-order valence-corrected chi connectivity index (χ2v) is 4.81. The third kappa shape index (κ3) is 3.27. The molecule has 0 N–H and O–H groups in total. The fourth-order valence-corrected chi connectivity index (χ4v) is 2.29. The fourth-order valence-electron chi connectivity index (χ4n) is 1.22. The van der Waals surface area contributed by atoms with Gasteiger partial charge in [0.25, 0.3) is 0 Å². The van der Waals surface area contributed by atoms with Crippen LogP contribution in [0.2, 0.25) is 0 Å². The molecule has 0 bridgehead atoms. The van der Waals surface area contributed by atoms with Crippen LogP contribution >= 0.6 is 38.5 Å². The van der Waals surface area contributed by atoms with Gasteiger partial charge >= 0.3 is 6.18 Å². The Morgan fingerprint density at radius 3 is 2.41 bits per heavy atom. The van der Waals surface area contributed by atoms with Gasteiger partial charge in [0.05, 0.1) is 10.9 Å². The standard InChI is InChI=1S/C10H5BrF3IO2/c11-3-9(17)6-1-5(4-16)7(2-8(6)15)10(12,13)14/h1-2,4H,3H2. The van der Waals surface area contributed by atoms with Gasteiger partial charge in [0.1, 0.15) is 0 Å². The van der Waals surface area contributed by atoms with Crippen LogP contribution in [0.4, 0.5) is 13.2 Å². The van der Waals surface area contributed by atoms with E-state index in [1.54, 1.807) is 22.6 Å². The molecule has 0 aromatic heterocycles. The fraction of sp³-hybridized carbons (Fsp3) is 0.200. The molecule has 2 nitrogen and oxygen atoms in total. The molecule has 7 heteroatoms. The molecule has 1 aromatic carbocycles. The van der Waals surface area contributed by atoms with E-state index in [0.29, 0.717) is 0 Å². The second kappa shape index (κ2) is 5.47. The molecular formula is C10H5BrF3IO2. The molecule has 0 spiro atoms. The van der Waals surface area contributed by atoms with Crippen LogP contribution in [-0.2, 0) is 6.18 Å². The monoisotopic (exact) mass is 420 g/mol. The van der Waals surface area contributed by atoms with Crippen molar-refractivity contribution in [2.75, 3.05) is 5.33 Å². The van der Waals surface area contributed by atoms with Gasteiger partial charge in [0.2, 0.25) is 0 Å². The second-order valence-electron chi connectivity index (χ2n) is 3.09. The number of hydrogen-bond acceptors (Lipinski definition) is 2. The van der Waals surface area contributed by atoms with Gasteiger partial charge in [-0.3, -0.25) is 9.59 Å². The number of carbonyl (C=O) groups is 2. The van der Waals surface area contributed by atoms with E-state index in [1.807, 2.05) is 0 Å². The van der Waals surface area contributed by atoms with Gasteiger partial charge in [0.15, 0.2) is 12.1 Å². The summed E-state index contributed by atoms with van der Waals surface area (Å²) in [5.74, 6) is -0.369. The molecule has 0 aliphatic heterocycles. The molecule has 0 saturated heterocycles. The lowest BCUT2D eigenvalue weighted by atomic mass is 10.0. The number of ketones is 1. The Labute approximate surface area is 117 Å². The number of hydrogen-bond donors (Lipinski definition) is 0. The minimum absolute atomic E-state index is 0.00728. The van der Waals surface area contributed by atoms with E-state index in [2.05, 4.69) is 15.9 Å². The summed E-state index contributed by atoms with van der Waals surface area (Å²) < 4.78 is 37.9. The molecule has 0 atom stereocenters. The highest BCUT2D eigenvalue weighted by Gasteiger charge is 2.34. The van der Waals surface area contributed by atoms with E-state index in [-0.39, 0.29) is 26.5 Å². The summed E-state index contributed by atoms with van der Waals surface area (Å²) >= 11 is 4.57. The first kappa shape index (κ1) is 14.6. The smallest absolute Gasteiger partial charge is 0.298 e. The van der Waals surface area contributed by atoms with Gasteiger partial charge in [-0.25, -0.2) is 0 Å². The zero-order valence-corrected chi connectivity index (χ0v) is 11.9. The highest BCUT2D eigenvalue weighted by molar-refractivity contribution is 14.1. The molecule has 0 fully saturated rings. The lowest BCUT2D eigenvalue weighted by Crippen LogP contribution is -2.12. The maximum Gasteiger partial charge on any atom is 0.417 e. The summed E-state index contributed by atoms with van der Waals surface area (Å²) in [4.78, 5) is 22.0. The Kier molecular flexibility index (Phi) is 4.70. The topological polar surface area (TPSA) is 34.1 Å². The third-order valence-corrected chi connectivity index (χ3v) is 3.40. The summed E-state index contributed by atoms with van der Waals surface area (Å²) in [5.41, 5.74) is -1.44. The lowest BCUT2D eigenvalue weighted by molar-refractivity contribution is -0.137. The zero-order chi connectivity index (χ0) is 13.2. The van der Waals surface area contributed by atoms with Gasteiger partial charge in [-0.2, -0.15) is 13.2 Å². The highest BCUT2D eigenvalue weighted by atomic mass is 127. The first-order chi connectivity index (χ1) is 7.81. The Hall–Kier alpha value is -0.440. The quantitative estimate of drug-likeness (QED) is 0.323. The molecule has 0 saturated carbocycles. The summed E-state index contributed by atoms with van der Waals surface area (Å²) in [6.07, 6.45) is -4.50. The van der Waals surface area contributed by atoms with Gasteiger partial charge in [0, 0.05) is 14.7 Å².